The Kier molecular flexibility index (Phi) is 4.09. The number of hydrogen-bond donors (Lipinski definition) is 2. The smallest absolute Gasteiger partial charge is 0.145 e. The second-order valence-electron chi connectivity index (χ2n) is 4.44. The highest BCUT2D eigenvalue weighted by atomic mass is 16.5. The Morgan fingerprint density at radius 3 is 2.85 bits per heavy atom. The second-order valence-corrected chi connectivity index (χ2v) is 4.44. The SMILES string of the molecule is CC(C)=CCOc1ccc(C(=N)N)cc1-n1cnnn1. The molecule has 0 spiro atoms. The summed E-state index contributed by atoms with van der Waals surface area (Å²) in [6, 6.07) is 5.21. The van der Waals surface area contributed by atoms with Gasteiger partial charge in [-0.15, -0.1) is 5.10 Å². The summed E-state index contributed by atoms with van der Waals surface area (Å²) in [4.78, 5) is 0. The first-order valence-electron chi connectivity index (χ1n) is 6.06. The van der Waals surface area contributed by atoms with Crippen LogP contribution in [-0.2, 0) is 0 Å². The van der Waals surface area contributed by atoms with Gasteiger partial charge in [-0.2, -0.15) is 4.68 Å². The molecule has 2 aromatic rings. The largest absolute Gasteiger partial charge is 0.487 e. The monoisotopic (exact) mass is 272 g/mol. The van der Waals surface area contributed by atoms with Gasteiger partial charge < -0.3 is 10.5 Å². The Morgan fingerprint density at radius 1 is 1.45 bits per heavy atom. The van der Waals surface area contributed by atoms with E-state index in [9.17, 15) is 0 Å². The fraction of sp³-hybridized carbons (Fsp3) is 0.231. The highest BCUT2D eigenvalue weighted by molar-refractivity contribution is 5.95. The number of allylic oxidation sites excluding steroid dienone is 1. The highest BCUT2D eigenvalue weighted by Crippen LogP contribution is 2.23. The molecule has 3 N–H and O–H groups in total. The number of amidine groups is 1. The lowest BCUT2D eigenvalue weighted by Gasteiger charge is -2.11. The molecule has 0 saturated heterocycles. The van der Waals surface area contributed by atoms with Crippen LogP contribution in [0.1, 0.15) is 19.4 Å². The van der Waals surface area contributed by atoms with E-state index in [1.54, 1.807) is 18.2 Å². The van der Waals surface area contributed by atoms with Crippen molar-refractivity contribution >= 4 is 5.84 Å². The summed E-state index contributed by atoms with van der Waals surface area (Å²) in [5.74, 6) is 0.606. The third kappa shape index (κ3) is 3.19. The van der Waals surface area contributed by atoms with Gasteiger partial charge in [0.05, 0.1) is 0 Å². The van der Waals surface area contributed by atoms with Crippen LogP contribution in [0.15, 0.2) is 36.2 Å². The molecule has 0 bridgehead atoms. The summed E-state index contributed by atoms with van der Waals surface area (Å²) < 4.78 is 7.18. The Balaban J connectivity index is 2.35. The summed E-state index contributed by atoms with van der Waals surface area (Å²) in [6.07, 6.45) is 3.44. The maximum Gasteiger partial charge on any atom is 0.145 e. The van der Waals surface area contributed by atoms with Gasteiger partial charge in [0, 0.05) is 5.56 Å². The molecule has 0 unspecified atom stereocenters. The quantitative estimate of drug-likeness (QED) is 0.485. The Bertz CT molecular complexity index is 628. The van der Waals surface area contributed by atoms with E-state index >= 15 is 0 Å². The first-order chi connectivity index (χ1) is 9.58. The summed E-state index contributed by atoms with van der Waals surface area (Å²) in [5.41, 5.74) is 7.90. The molecule has 7 nitrogen and oxygen atoms in total. The zero-order valence-electron chi connectivity index (χ0n) is 11.4. The van der Waals surface area contributed by atoms with E-state index in [1.165, 1.54) is 16.6 Å². The van der Waals surface area contributed by atoms with Crippen LogP contribution in [0.2, 0.25) is 0 Å². The van der Waals surface area contributed by atoms with Crippen LogP contribution < -0.4 is 10.5 Å². The molecule has 0 atom stereocenters. The summed E-state index contributed by atoms with van der Waals surface area (Å²) in [7, 11) is 0. The van der Waals surface area contributed by atoms with Crippen LogP contribution in [0.5, 0.6) is 5.75 Å². The van der Waals surface area contributed by atoms with Crippen LogP contribution in [0.3, 0.4) is 0 Å². The molecular weight excluding hydrogens is 256 g/mol. The maximum atomic E-state index is 7.49. The van der Waals surface area contributed by atoms with E-state index in [2.05, 4.69) is 15.5 Å². The van der Waals surface area contributed by atoms with Crippen molar-refractivity contribution in [1.29, 1.82) is 5.41 Å². The normalized spacial score (nSPS) is 10.1. The van der Waals surface area contributed by atoms with Crippen LogP contribution in [0.4, 0.5) is 0 Å². The molecule has 0 amide bonds. The number of aromatic nitrogens is 4. The molecule has 20 heavy (non-hydrogen) atoms. The zero-order valence-corrected chi connectivity index (χ0v) is 11.4. The molecule has 7 heteroatoms. The molecule has 104 valence electrons. The molecular formula is C13H16N6O. The van der Waals surface area contributed by atoms with E-state index in [-0.39, 0.29) is 5.84 Å². The van der Waals surface area contributed by atoms with Crippen LogP contribution in [0.25, 0.3) is 5.69 Å². The molecule has 1 heterocycles. The van der Waals surface area contributed by atoms with Crippen molar-refractivity contribution in [3.8, 4) is 11.4 Å². The predicted molar refractivity (Wildman–Crippen MR) is 75.1 cm³/mol. The number of nitrogens with two attached hydrogens (primary N) is 1. The van der Waals surface area contributed by atoms with E-state index < -0.39 is 0 Å². The standard InChI is InChI=1S/C13H16N6O/c1-9(2)5-6-20-12-4-3-10(13(14)15)7-11(12)19-8-16-17-18-19/h3-5,7-8H,6H2,1-2H3,(H3,14,15). The fourth-order valence-corrected chi connectivity index (χ4v) is 1.56. The van der Waals surface area contributed by atoms with E-state index in [0.717, 1.165) is 0 Å². The summed E-state index contributed by atoms with van der Waals surface area (Å²) in [6.45, 7) is 4.46. The highest BCUT2D eigenvalue weighted by Gasteiger charge is 2.10. The molecule has 1 aromatic heterocycles. The van der Waals surface area contributed by atoms with E-state index in [0.29, 0.717) is 23.6 Å². The average Bonchev–Trinajstić information content (AvgIpc) is 2.92. The topological polar surface area (TPSA) is 103 Å². The molecule has 0 radical (unpaired) electrons. The number of hydrogen-bond acceptors (Lipinski definition) is 5. The zero-order chi connectivity index (χ0) is 14.5. The van der Waals surface area contributed by atoms with Crippen LogP contribution in [-0.4, -0.2) is 32.6 Å². The number of nitrogen functional groups attached to an aromatic ring is 1. The number of nitrogens with zero attached hydrogens (tertiary/aromatic N) is 4. The summed E-state index contributed by atoms with van der Waals surface area (Å²) in [5, 5.41) is 18.5. The van der Waals surface area contributed by atoms with Crippen molar-refractivity contribution in [2.45, 2.75) is 13.8 Å². The average molecular weight is 272 g/mol. The van der Waals surface area contributed by atoms with Gasteiger partial charge in [-0.05, 0) is 48.5 Å². The Hall–Kier alpha value is -2.70. The minimum atomic E-state index is -0.0184. The van der Waals surface area contributed by atoms with Gasteiger partial charge in [-0.3, -0.25) is 5.41 Å². The first-order valence-corrected chi connectivity index (χ1v) is 6.06. The van der Waals surface area contributed by atoms with Gasteiger partial charge in [0.15, 0.2) is 0 Å². The van der Waals surface area contributed by atoms with Gasteiger partial charge in [-0.1, -0.05) is 5.57 Å². The minimum Gasteiger partial charge on any atom is -0.487 e. The second kappa shape index (κ2) is 5.96. The molecule has 1 aromatic carbocycles. The number of tetrazole rings is 1. The van der Waals surface area contributed by atoms with E-state index in [1.807, 2.05) is 19.9 Å². The molecule has 2 rings (SSSR count). The number of nitrogens with one attached hydrogen (secondary N) is 1. The maximum absolute atomic E-state index is 7.49. The van der Waals surface area contributed by atoms with E-state index in [4.69, 9.17) is 15.9 Å². The molecule has 0 aliphatic heterocycles. The van der Waals surface area contributed by atoms with Gasteiger partial charge in [0.2, 0.25) is 0 Å². The van der Waals surface area contributed by atoms with Gasteiger partial charge in [0.1, 0.15) is 30.2 Å². The van der Waals surface area contributed by atoms with Crippen LogP contribution in [0, 0.1) is 5.41 Å². The van der Waals surface area contributed by atoms with Crippen molar-refractivity contribution in [2.24, 2.45) is 5.73 Å². The van der Waals surface area contributed by atoms with Gasteiger partial charge in [-0.25, -0.2) is 0 Å². The lowest BCUT2D eigenvalue weighted by molar-refractivity contribution is 0.359. The summed E-state index contributed by atoms with van der Waals surface area (Å²) >= 11 is 0. The number of ether oxygens (including phenoxy) is 1. The molecule has 0 aliphatic carbocycles. The third-order valence-electron chi connectivity index (χ3n) is 2.60. The lowest BCUT2D eigenvalue weighted by Crippen LogP contribution is -2.12. The molecule has 0 saturated carbocycles. The number of rotatable bonds is 5. The number of benzene rings is 1. The van der Waals surface area contributed by atoms with Crippen molar-refractivity contribution in [1.82, 2.24) is 20.2 Å². The predicted octanol–water partition coefficient (Wildman–Crippen LogP) is 1.29. The lowest BCUT2D eigenvalue weighted by atomic mass is 10.1. The van der Waals surface area contributed by atoms with Crippen molar-refractivity contribution < 1.29 is 4.74 Å². The molecule has 0 fully saturated rings. The van der Waals surface area contributed by atoms with Crippen molar-refractivity contribution in [2.75, 3.05) is 6.61 Å². The fourth-order valence-electron chi connectivity index (χ4n) is 1.56. The Labute approximate surface area is 116 Å². The third-order valence-corrected chi connectivity index (χ3v) is 2.60. The van der Waals surface area contributed by atoms with Crippen molar-refractivity contribution in [3.05, 3.63) is 41.7 Å². The minimum absolute atomic E-state index is 0.0184. The van der Waals surface area contributed by atoms with Gasteiger partial charge >= 0.3 is 0 Å². The van der Waals surface area contributed by atoms with Crippen LogP contribution >= 0.6 is 0 Å². The van der Waals surface area contributed by atoms with Gasteiger partial charge in [0.25, 0.3) is 0 Å². The van der Waals surface area contributed by atoms with Crippen molar-refractivity contribution in [3.63, 3.8) is 0 Å². The Morgan fingerprint density at radius 2 is 2.25 bits per heavy atom. The molecule has 0 aliphatic rings. The first kappa shape index (κ1) is 13.7.